The van der Waals surface area contributed by atoms with Gasteiger partial charge in [0.2, 0.25) is 0 Å². The highest BCUT2D eigenvalue weighted by Crippen LogP contribution is 2.18. The summed E-state index contributed by atoms with van der Waals surface area (Å²) in [5, 5.41) is 5.71. The van der Waals surface area contributed by atoms with Gasteiger partial charge in [0, 0.05) is 21.9 Å². The number of halogens is 1. The van der Waals surface area contributed by atoms with Gasteiger partial charge in [-0.1, -0.05) is 34.1 Å². The van der Waals surface area contributed by atoms with Crippen molar-refractivity contribution >= 4 is 27.3 Å². The molecule has 1 unspecified atom stereocenters. The van der Waals surface area contributed by atoms with Crippen LogP contribution in [0.3, 0.4) is 0 Å². The minimum Gasteiger partial charge on any atom is -0.310 e. The van der Waals surface area contributed by atoms with Crippen molar-refractivity contribution in [2.24, 2.45) is 0 Å². The summed E-state index contributed by atoms with van der Waals surface area (Å²) in [4.78, 5) is 1.44. The summed E-state index contributed by atoms with van der Waals surface area (Å²) in [5.74, 6) is 0. The summed E-state index contributed by atoms with van der Waals surface area (Å²) in [6.45, 7) is 5.26. The predicted octanol–water partition coefficient (Wildman–Crippen LogP) is 4.54. The number of thiophene rings is 1. The van der Waals surface area contributed by atoms with Crippen molar-refractivity contribution in [3.8, 4) is 0 Å². The maximum Gasteiger partial charge on any atom is 0.0222 e. The molecule has 0 fully saturated rings. The molecular formula is C15H18BrNS. The molecule has 0 aliphatic rings. The van der Waals surface area contributed by atoms with Gasteiger partial charge in [-0.2, -0.15) is 0 Å². The summed E-state index contributed by atoms with van der Waals surface area (Å²) >= 11 is 5.45. The van der Waals surface area contributed by atoms with Crippen LogP contribution in [0.2, 0.25) is 0 Å². The van der Waals surface area contributed by atoms with E-state index in [1.54, 1.807) is 0 Å². The van der Waals surface area contributed by atoms with E-state index in [0.29, 0.717) is 6.04 Å². The van der Waals surface area contributed by atoms with Gasteiger partial charge in [-0.05, 0) is 48.9 Å². The Labute approximate surface area is 121 Å². The van der Waals surface area contributed by atoms with Crippen LogP contribution in [0.5, 0.6) is 0 Å². The maximum atomic E-state index is 3.62. The van der Waals surface area contributed by atoms with Crippen LogP contribution in [0.1, 0.15) is 22.9 Å². The van der Waals surface area contributed by atoms with Gasteiger partial charge >= 0.3 is 0 Å². The monoisotopic (exact) mass is 323 g/mol. The quantitative estimate of drug-likeness (QED) is 0.851. The van der Waals surface area contributed by atoms with Crippen LogP contribution in [0.25, 0.3) is 0 Å². The first kappa shape index (κ1) is 13.8. The molecule has 1 atom stereocenters. The largest absolute Gasteiger partial charge is 0.310 e. The Balaban J connectivity index is 1.87. The number of nitrogens with one attached hydrogen (secondary N) is 1. The standard InChI is InChI=1S/C15H18BrNS/c1-11-5-6-13(15(16)8-11)10-17-12(2)9-14-4-3-7-18-14/h3-8,12,17H,9-10H2,1-2H3. The SMILES string of the molecule is Cc1ccc(CNC(C)Cc2cccs2)c(Br)c1. The average molecular weight is 324 g/mol. The summed E-state index contributed by atoms with van der Waals surface area (Å²) in [5.41, 5.74) is 2.61. The van der Waals surface area contributed by atoms with Crippen molar-refractivity contribution in [2.45, 2.75) is 32.9 Å². The highest BCUT2D eigenvalue weighted by molar-refractivity contribution is 9.10. The van der Waals surface area contributed by atoms with E-state index in [1.807, 2.05) is 11.3 Å². The molecule has 1 aromatic carbocycles. The van der Waals surface area contributed by atoms with Gasteiger partial charge in [0.1, 0.15) is 0 Å². The number of rotatable bonds is 5. The van der Waals surface area contributed by atoms with Crippen LogP contribution in [0.4, 0.5) is 0 Å². The second-order valence-corrected chi connectivity index (χ2v) is 6.55. The van der Waals surface area contributed by atoms with Gasteiger partial charge in [-0.25, -0.2) is 0 Å². The summed E-state index contributed by atoms with van der Waals surface area (Å²) in [7, 11) is 0. The number of hydrogen-bond acceptors (Lipinski definition) is 2. The van der Waals surface area contributed by atoms with E-state index in [4.69, 9.17) is 0 Å². The lowest BCUT2D eigenvalue weighted by Crippen LogP contribution is -2.27. The molecule has 2 aromatic rings. The second kappa shape index (κ2) is 6.50. The van der Waals surface area contributed by atoms with Crippen LogP contribution in [0.15, 0.2) is 40.2 Å². The Morgan fingerprint density at radius 3 is 2.83 bits per heavy atom. The normalized spacial score (nSPS) is 12.6. The molecule has 96 valence electrons. The molecule has 18 heavy (non-hydrogen) atoms. The summed E-state index contributed by atoms with van der Waals surface area (Å²) in [6.07, 6.45) is 1.10. The fourth-order valence-electron chi connectivity index (χ4n) is 1.88. The van der Waals surface area contributed by atoms with Gasteiger partial charge in [-0.15, -0.1) is 11.3 Å². The van der Waals surface area contributed by atoms with Gasteiger partial charge in [0.15, 0.2) is 0 Å². The van der Waals surface area contributed by atoms with Crippen molar-refractivity contribution < 1.29 is 0 Å². The van der Waals surface area contributed by atoms with E-state index >= 15 is 0 Å². The third-order valence-corrected chi connectivity index (χ3v) is 4.57. The van der Waals surface area contributed by atoms with E-state index < -0.39 is 0 Å². The number of benzene rings is 1. The highest BCUT2D eigenvalue weighted by atomic mass is 79.9. The maximum absolute atomic E-state index is 3.62. The minimum atomic E-state index is 0.497. The zero-order chi connectivity index (χ0) is 13.0. The molecule has 3 heteroatoms. The molecule has 0 amide bonds. The van der Waals surface area contributed by atoms with Crippen LogP contribution in [-0.2, 0) is 13.0 Å². The topological polar surface area (TPSA) is 12.0 Å². The molecule has 0 aliphatic heterocycles. The Morgan fingerprint density at radius 1 is 1.33 bits per heavy atom. The van der Waals surface area contributed by atoms with Crippen LogP contribution >= 0.6 is 27.3 Å². The average Bonchev–Trinajstić information content (AvgIpc) is 2.80. The first-order valence-corrected chi connectivity index (χ1v) is 7.83. The minimum absolute atomic E-state index is 0.497. The molecular weight excluding hydrogens is 306 g/mol. The molecule has 1 aromatic heterocycles. The molecule has 1 nitrogen and oxygen atoms in total. The van der Waals surface area contributed by atoms with Crippen molar-refractivity contribution in [2.75, 3.05) is 0 Å². The van der Waals surface area contributed by atoms with E-state index in [0.717, 1.165) is 13.0 Å². The fraction of sp³-hybridized carbons (Fsp3) is 0.333. The Hall–Kier alpha value is -0.640. The van der Waals surface area contributed by atoms with E-state index in [1.165, 1.54) is 20.5 Å². The molecule has 1 N–H and O–H groups in total. The predicted molar refractivity (Wildman–Crippen MR) is 83.2 cm³/mol. The molecule has 0 spiro atoms. The van der Waals surface area contributed by atoms with Crippen molar-refractivity contribution in [3.63, 3.8) is 0 Å². The Morgan fingerprint density at radius 2 is 2.17 bits per heavy atom. The molecule has 0 radical (unpaired) electrons. The van der Waals surface area contributed by atoms with E-state index in [2.05, 4.69) is 70.8 Å². The summed E-state index contributed by atoms with van der Waals surface area (Å²) in [6, 6.07) is 11.3. The molecule has 1 heterocycles. The van der Waals surface area contributed by atoms with Crippen molar-refractivity contribution in [3.05, 3.63) is 56.2 Å². The number of hydrogen-bond donors (Lipinski definition) is 1. The summed E-state index contributed by atoms with van der Waals surface area (Å²) < 4.78 is 1.19. The van der Waals surface area contributed by atoms with Gasteiger partial charge in [0.05, 0.1) is 0 Å². The fourth-order valence-corrected chi connectivity index (χ4v) is 3.35. The van der Waals surface area contributed by atoms with Gasteiger partial charge < -0.3 is 5.32 Å². The van der Waals surface area contributed by atoms with Crippen LogP contribution in [0, 0.1) is 6.92 Å². The molecule has 2 rings (SSSR count). The molecule has 0 saturated carbocycles. The highest BCUT2D eigenvalue weighted by Gasteiger charge is 2.05. The van der Waals surface area contributed by atoms with Crippen LogP contribution < -0.4 is 5.32 Å². The Kier molecular flexibility index (Phi) is 4.98. The molecule has 0 bridgehead atoms. The first-order valence-electron chi connectivity index (χ1n) is 6.16. The zero-order valence-corrected chi connectivity index (χ0v) is 13.1. The lowest BCUT2D eigenvalue weighted by Gasteiger charge is -2.14. The Bertz CT molecular complexity index is 493. The van der Waals surface area contributed by atoms with Gasteiger partial charge in [0.25, 0.3) is 0 Å². The van der Waals surface area contributed by atoms with Crippen LogP contribution in [-0.4, -0.2) is 6.04 Å². The lowest BCUT2D eigenvalue weighted by molar-refractivity contribution is 0.548. The van der Waals surface area contributed by atoms with Gasteiger partial charge in [-0.3, -0.25) is 0 Å². The first-order chi connectivity index (χ1) is 8.65. The smallest absolute Gasteiger partial charge is 0.0222 e. The zero-order valence-electron chi connectivity index (χ0n) is 10.7. The van der Waals surface area contributed by atoms with E-state index in [-0.39, 0.29) is 0 Å². The second-order valence-electron chi connectivity index (χ2n) is 4.66. The lowest BCUT2D eigenvalue weighted by atomic mass is 10.1. The molecule has 0 aliphatic carbocycles. The number of aryl methyl sites for hydroxylation is 1. The van der Waals surface area contributed by atoms with E-state index in [9.17, 15) is 0 Å². The van der Waals surface area contributed by atoms with Crippen molar-refractivity contribution in [1.29, 1.82) is 0 Å². The molecule has 0 saturated heterocycles. The third-order valence-electron chi connectivity index (χ3n) is 2.94. The van der Waals surface area contributed by atoms with Crippen molar-refractivity contribution in [1.82, 2.24) is 5.32 Å². The third kappa shape index (κ3) is 3.94.